The van der Waals surface area contributed by atoms with Crippen LogP contribution in [0.25, 0.3) is 0 Å². The summed E-state index contributed by atoms with van der Waals surface area (Å²) in [7, 11) is 7.43. The second-order valence-corrected chi connectivity index (χ2v) is 4.49. The summed E-state index contributed by atoms with van der Waals surface area (Å²) < 4.78 is 9.99. The third-order valence-electron chi connectivity index (χ3n) is 2.72. The van der Waals surface area contributed by atoms with E-state index in [1.54, 1.807) is 14.2 Å². The first-order valence-electron chi connectivity index (χ1n) is 6.13. The van der Waals surface area contributed by atoms with Crippen molar-refractivity contribution < 1.29 is 14.6 Å². The van der Waals surface area contributed by atoms with E-state index >= 15 is 0 Å². The van der Waals surface area contributed by atoms with Gasteiger partial charge >= 0.3 is 0 Å². The minimum absolute atomic E-state index is 0.276. The van der Waals surface area contributed by atoms with Crippen LogP contribution in [0.2, 0.25) is 0 Å². The van der Waals surface area contributed by atoms with E-state index in [0.717, 1.165) is 32.7 Å². The highest BCUT2D eigenvalue weighted by molar-refractivity contribution is 4.64. The highest BCUT2D eigenvalue weighted by atomic mass is 16.5. The van der Waals surface area contributed by atoms with Crippen LogP contribution in [0.5, 0.6) is 0 Å². The second kappa shape index (κ2) is 10.9. The van der Waals surface area contributed by atoms with E-state index in [0.29, 0.717) is 13.2 Å². The van der Waals surface area contributed by atoms with Gasteiger partial charge < -0.3 is 24.4 Å². The molecule has 0 bridgehead atoms. The highest BCUT2D eigenvalue weighted by Gasteiger charge is 2.09. The Balaban J connectivity index is 3.53. The van der Waals surface area contributed by atoms with Crippen LogP contribution in [-0.2, 0) is 9.47 Å². The van der Waals surface area contributed by atoms with Crippen molar-refractivity contribution in [2.75, 3.05) is 67.7 Å². The Bertz CT molecular complexity index is 170. The monoisotopic (exact) mass is 248 g/mol. The van der Waals surface area contributed by atoms with Gasteiger partial charge in [0.2, 0.25) is 0 Å². The van der Waals surface area contributed by atoms with Gasteiger partial charge in [0.05, 0.1) is 19.3 Å². The molecule has 0 spiro atoms. The summed E-state index contributed by atoms with van der Waals surface area (Å²) in [4.78, 5) is 4.26. The Morgan fingerprint density at radius 1 is 0.941 bits per heavy atom. The lowest BCUT2D eigenvalue weighted by atomic mass is 10.2. The number of hydrogen-bond acceptors (Lipinski definition) is 5. The molecule has 0 amide bonds. The summed E-state index contributed by atoms with van der Waals surface area (Å²) in [6.45, 7) is 4.79. The van der Waals surface area contributed by atoms with Gasteiger partial charge in [-0.2, -0.15) is 0 Å². The molecule has 0 radical (unpaired) electrons. The molecule has 17 heavy (non-hydrogen) atoms. The summed E-state index contributed by atoms with van der Waals surface area (Å²) in [6, 6.07) is 0. The smallest absolute Gasteiger partial charge is 0.0679 e. The largest absolute Gasteiger partial charge is 0.392 e. The van der Waals surface area contributed by atoms with Crippen LogP contribution in [0.3, 0.4) is 0 Å². The first-order chi connectivity index (χ1) is 8.10. The van der Waals surface area contributed by atoms with E-state index in [1.807, 2.05) is 14.1 Å². The maximum absolute atomic E-state index is 9.85. The quantitative estimate of drug-likeness (QED) is 0.553. The van der Waals surface area contributed by atoms with Crippen molar-refractivity contribution in [2.24, 2.45) is 0 Å². The van der Waals surface area contributed by atoms with Crippen LogP contribution >= 0.6 is 0 Å². The Kier molecular flexibility index (Phi) is 10.8. The summed E-state index contributed by atoms with van der Waals surface area (Å²) in [6.07, 6.45) is 0.513. The topological polar surface area (TPSA) is 45.2 Å². The maximum atomic E-state index is 9.85. The first kappa shape index (κ1) is 16.8. The number of aliphatic hydroxyl groups excluding tert-OH is 1. The van der Waals surface area contributed by atoms with Gasteiger partial charge in [-0.05, 0) is 20.5 Å². The fourth-order valence-electron chi connectivity index (χ4n) is 1.52. The number of ether oxygens (including phenoxy) is 2. The number of aliphatic hydroxyl groups is 1. The fourth-order valence-corrected chi connectivity index (χ4v) is 1.52. The number of nitrogens with zero attached hydrogens (tertiary/aromatic N) is 2. The van der Waals surface area contributed by atoms with Crippen LogP contribution in [0, 0.1) is 0 Å². The summed E-state index contributed by atoms with van der Waals surface area (Å²) >= 11 is 0. The molecule has 1 N–H and O–H groups in total. The van der Waals surface area contributed by atoms with Crippen molar-refractivity contribution in [3.8, 4) is 0 Å². The SMILES string of the molecule is COCCN(C)CCC(O)CN(C)CCOC. The maximum Gasteiger partial charge on any atom is 0.0679 e. The molecular weight excluding hydrogens is 220 g/mol. The average molecular weight is 248 g/mol. The predicted octanol–water partition coefficient (Wildman–Crippen LogP) is -0.106. The molecule has 0 aromatic heterocycles. The van der Waals surface area contributed by atoms with Crippen molar-refractivity contribution >= 4 is 0 Å². The molecule has 0 fully saturated rings. The van der Waals surface area contributed by atoms with Crippen LogP contribution in [0.4, 0.5) is 0 Å². The molecule has 1 unspecified atom stereocenters. The summed E-state index contributed by atoms with van der Waals surface area (Å²) in [5.74, 6) is 0. The van der Waals surface area contributed by atoms with E-state index in [4.69, 9.17) is 9.47 Å². The van der Waals surface area contributed by atoms with Gasteiger partial charge in [-0.15, -0.1) is 0 Å². The summed E-state index contributed by atoms with van der Waals surface area (Å²) in [5.41, 5.74) is 0. The van der Waals surface area contributed by atoms with Crippen LogP contribution in [-0.4, -0.2) is 88.7 Å². The zero-order valence-electron chi connectivity index (χ0n) is 11.7. The van der Waals surface area contributed by atoms with E-state index in [1.165, 1.54) is 0 Å². The number of methoxy groups -OCH3 is 2. The van der Waals surface area contributed by atoms with Crippen molar-refractivity contribution in [3.63, 3.8) is 0 Å². The van der Waals surface area contributed by atoms with E-state index in [2.05, 4.69) is 9.80 Å². The molecule has 1 atom stereocenters. The molecule has 0 saturated carbocycles. The van der Waals surface area contributed by atoms with Gasteiger partial charge in [-0.3, -0.25) is 0 Å². The van der Waals surface area contributed by atoms with Crippen molar-refractivity contribution in [1.82, 2.24) is 9.80 Å². The molecule has 104 valence electrons. The zero-order chi connectivity index (χ0) is 13.1. The van der Waals surface area contributed by atoms with Gasteiger partial charge in [-0.1, -0.05) is 0 Å². The standard InChI is InChI=1S/C12H28N2O3/c1-13(7-9-16-3)6-5-12(15)11-14(2)8-10-17-4/h12,15H,5-11H2,1-4H3. The lowest BCUT2D eigenvalue weighted by molar-refractivity contribution is 0.0868. The number of likely N-dealkylation sites (N-methyl/N-ethyl adjacent to an activating group) is 2. The predicted molar refractivity (Wildman–Crippen MR) is 69.4 cm³/mol. The third-order valence-corrected chi connectivity index (χ3v) is 2.72. The average Bonchev–Trinajstić information content (AvgIpc) is 2.31. The van der Waals surface area contributed by atoms with Gasteiger partial charge in [-0.25, -0.2) is 0 Å². The molecule has 0 rings (SSSR count). The van der Waals surface area contributed by atoms with Crippen molar-refractivity contribution in [1.29, 1.82) is 0 Å². The van der Waals surface area contributed by atoms with Crippen molar-refractivity contribution in [3.05, 3.63) is 0 Å². The Morgan fingerprint density at radius 3 is 2.00 bits per heavy atom. The molecule has 0 heterocycles. The van der Waals surface area contributed by atoms with Crippen LogP contribution in [0.1, 0.15) is 6.42 Å². The minimum atomic E-state index is -0.276. The fraction of sp³-hybridized carbons (Fsp3) is 1.00. The van der Waals surface area contributed by atoms with Gasteiger partial charge in [0.15, 0.2) is 0 Å². The lowest BCUT2D eigenvalue weighted by Crippen LogP contribution is -2.34. The normalized spacial score (nSPS) is 13.6. The van der Waals surface area contributed by atoms with E-state index in [-0.39, 0.29) is 6.10 Å². The van der Waals surface area contributed by atoms with Gasteiger partial charge in [0.25, 0.3) is 0 Å². The zero-order valence-corrected chi connectivity index (χ0v) is 11.7. The molecule has 0 aliphatic carbocycles. The number of rotatable bonds is 11. The summed E-state index contributed by atoms with van der Waals surface area (Å²) in [5, 5.41) is 9.85. The molecule has 0 aromatic rings. The molecule has 5 heteroatoms. The first-order valence-corrected chi connectivity index (χ1v) is 6.13. The van der Waals surface area contributed by atoms with Gasteiger partial charge in [0.1, 0.15) is 0 Å². The Labute approximate surface area is 105 Å². The minimum Gasteiger partial charge on any atom is -0.392 e. The second-order valence-electron chi connectivity index (χ2n) is 4.49. The third kappa shape index (κ3) is 10.7. The lowest BCUT2D eigenvalue weighted by Gasteiger charge is -2.22. The van der Waals surface area contributed by atoms with Crippen LogP contribution in [0.15, 0.2) is 0 Å². The van der Waals surface area contributed by atoms with E-state index < -0.39 is 0 Å². The molecule has 0 aliphatic rings. The molecule has 0 aromatic carbocycles. The number of hydrogen-bond donors (Lipinski definition) is 1. The molecule has 0 saturated heterocycles. The Morgan fingerprint density at radius 2 is 1.47 bits per heavy atom. The van der Waals surface area contributed by atoms with Crippen LogP contribution < -0.4 is 0 Å². The van der Waals surface area contributed by atoms with Gasteiger partial charge in [0, 0.05) is 40.4 Å². The Hall–Kier alpha value is -0.200. The molecular formula is C12H28N2O3. The van der Waals surface area contributed by atoms with E-state index in [9.17, 15) is 5.11 Å². The molecule has 0 aliphatic heterocycles. The van der Waals surface area contributed by atoms with Crippen molar-refractivity contribution in [2.45, 2.75) is 12.5 Å². The molecule has 5 nitrogen and oxygen atoms in total. The highest BCUT2D eigenvalue weighted by Crippen LogP contribution is 1.97.